The number of hydrogen-bond donors (Lipinski definition) is 1. The largest absolute Gasteiger partial charge is 0.456 e. The minimum atomic E-state index is -3.11. The molecule has 2 heterocycles. The number of ether oxygens (including phenoxy) is 2. The number of ketones is 1. The molecular formula is C18H16ClF2NO6. The maximum absolute atomic E-state index is 15.1. The Morgan fingerprint density at radius 3 is 2.79 bits per heavy atom. The highest BCUT2D eigenvalue weighted by molar-refractivity contribution is 6.30. The minimum absolute atomic E-state index is 0.0239. The molecule has 2 aliphatic heterocycles. The molecule has 10 heteroatoms. The number of alkyl halides is 2. The van der Waals surface area contributed by atoms with Gasteiger partial charge in [0.2, 0.25) is 5.91 Å². The summed E-state index contributed by atoms with van der Waals surface area (Å²) >= 11 is 5.77. The molecule has 1 fully saturated rings. The van der Waals surface area contributed by atoms with Crippen LogP contribution < -0.4 is 0 Å². The highest BCUT2D eigenvalue weighted by Crippen LogP contribution is 2.44. The van der Waals surface area contributed by atoms with E-state index < -0.39 is 54.5 Å². The summed E-state index contributed by atoms with van der Waals surface area (Å²) in [6.45, 7) is -0.278. The van der Waals surface area contributed by atoms with E-state index in [1.807, 2.05) is 0 Å². The molecule has 0 aromatic heterocycles. The number of amides is 1. The van der Waals surface area contributed by atoms with E-state index in [1.54, 1.807) is 0 Å². The Morgan fingerprint density at radius 1 is 1.43 bits per heavy atom. The van der Waals surface area contributed by atoms with Crippen molar-refractivity contribution in [3.63, 3.8) is 0 Å². The number of benzene rings is 1. The van der Waals surface area contributed by atoms with Crippen molar-refractivity contribution in [1.29, 1.82) is 0 Å². The molecule has 4 atom stereocenters. The summed E-state index contributed by atoms with van der Waals surface area (Å²) in [5.41, 5.74) is -2.71. The van der Waals surface area contributed by atoms with Gasteiger partial charge in [-0.1, -0.05) is 17.7 Å². The van der Waals surface area contributed by atoms with Crippen LogP contribution >= 0.6 is 11.6 Å². The van der Waals surface area contributed by atoms with Crippen molar-refractivity contribution < 1.29 is 37.7 Å². The Labute approximate surface area is 163 Å². The van der Waals surface area contributed by atoms with Crippen LogP contribution in [-0.4, -0.2) is 58.1 Å². The highest BCUT2D eigenvalue weighted by atomic mass is 35.5. The number of aliphatic hydroxyl groups excluding tert-OH is 1. The fraction of sp³-hybridized carbons (Fsp3) is 0.389. The van der Waals surface area contributed by atoms with Gasteiger partial charge in [0, 0.05) is 11.2 Å². The van der Waals surface area contributed by atoms with E-state index in [-0.39, 0.29) is 10.6 Å². The monoisotopic (exact) mass is 415 g/mol. The molecule has 7 nitrogen and oxygen atoms in total. The molecule has 1 amide bonds. The molecule has 0 spiro atoms. The third-order valence-electron chi connectivity index (χ3n) is 4.48. The summed E-state index contributed by atoms with van der Waals surface area (Å²) in [5.74, 6) is -5.38. The van der Waals surface area contributed by atoms with Crippen LogP contribution in [0.2, 0.25) is 5.02 Å². The van der Waals surface area contributed by atoms with Gasteiger partial charge in [-0.05, 0) is 31.2 Å². The zero-order chi connectivity index (χ0) is 20.7. The lowest BCUT2D eigenvalue weighted by Gasteiger charge is -2.32. The molecule has 0 bridgehead atoms. The Morgan fingerprint density at radius 2 is 2.14 bits per heavy atom. The Hall–Kier alpha value is -2.36. The number of carbonyl (C=O) groups is 3. The normalized spacial score (nSPS) is 32.7. The summed E-state index contributed by atoms with van der Waals surface area (Å²) in [5, 5.41) is 10.4. The van der Waals surface area contributed by atoms with E-state index in [9.17, 15) is 19.5 Å². The molecule has 1 aromatic carbocycles. The number of carbonyl (C=O) groups excluding carboxylic acids is 3. The first-order valence-electron chi connectivity index (χ1n) is 8.23. The van der Waals surface area contributed by atoms with Gasteiger partial charge >= 0.3 is 5.97 Å². The molecule has 1 aromatic rings. The summed E-state index contributed by atoms with van der Waals surface area (Å²) in [6, 6.07) is 5.67. The van der Waals surface area contributed by atoms with Gasteiger partial charge in [0.25, 0.3) is 5.85 Å². The van der Waals surface area contributed by atoms with Crippen LogP contribution in [0.3, 0.4) is 0 Å². The second-order valence-electron chi connectivity index (χ2n) is 6.66. The lowest BCUT2D eigenvalue weighted by molar-refractivity contribution is -0.213. The first kappa shape index (κ1) is 20.4. The number of esters is 1. The first-order chi connectivity index (χ1) is 13.0. The van der Waals surface area contributed by atoms with E-state index in [0.717, 1.165) is 19.2 Å². The number of aliphatic hydroxyl groups is 1. The van der Waals surface area contributed by atoms with E-state index >= 15 is 8.78 Å². The molecule has 0 saturated carbocycles. The molecule has 0 unspecified atom stereocenters. The van der Waals surface area contributed by atoms with Crippen LogP contribution in [0.5, 0.6) is 0 Å². The average molecular weight is 416 g/mol. The zero-order valence-electron chi connectivity index (χ0n) is 14.6. The van der Waals surface area contributed by atoms with Crippen LogP contribution in [0.25, 0.3) is 0 Å². The molecule has 1 saturated heterocycles. The second kappa shape index (κ2) is 7.23. The van der Waals surface area contributed by atoms with Gasteiger partial charge in [-0.25, -0.2) is 13.6 Å². The zero-order valence-corrected chi connectivity index (χ0v) is 15.4. The quantitative estimate of drug-likeness (QED) is 0.596. The van der Waals surface area contributed by atoms with Crippen molar-refractivity contribution in [2.24, 2.45) is 0 Å². The lowest BCUT2D eigenvalue weighted by atomic mass is 9.96. The van der Waals surface area contributed by atoms with Crippen molar-refractivity contribution in [2.45, 2.75) is 37.2 Å². The SMILES string of the molecule is C[C@]1(F)[C@H](N2C=CC(=O)CC2=O)O[C@](F)(COC(=O)c2cccc(Cl)c2)[C@H]1O. The molecule has 28 heavy (non-hydrogen) atoms. The van der Waals surface area contributed by atoms with E-state index in [1.165, 1.54) is 24.3 Å². The molecule has 0 radical (unpaired) electrons. The molecule has 2 aliphatic rings. The topological polar surface area (TPSA) is 93.1 Å². The number of rotatable bonds is 4. The Bertz CT molecular complexity index is 860. The lowest BCUT2D eigenvalue weighted by Crippen LogP contribution is -2.52. The fourth-order valence-electron chi connectivity index (χ4n) is 2.98. The fourth-order valence-corrected chi connectivity index (χ4v) is 3.17. The maximum atomic E-state index is 15.1. The second-order valence-corrected chi connectivity index (χ2v) is 7.09. The highest BCUT2D eigenvalue weighted by Gasteiger charge is 2.66. The van der Waals surface area contributed by atoms with Crippen LogP contribution in [-0.2, 0) is 19.1 Å². The van der Waals surface area contributed by atoms with Gasteiger partial charge in [0.15, 0.2) is 30.4 Å². The van der Waals surface area contributed by atoms with E-state index in [4.69, 9.17) is 21.1 Å². The molecule has 150 valence electrons. The number of halogens is 3. The van der Waals surface area contributed by atoms with Gasteiger partial charge in [0.1, 0.15) is 0 Å². The standard InChI is InChI=1S/C18H16ClF2NO6/c1-17(20)15(26)18(21,9-27-14(25)10-3-2-4-11(19)7-10)28-16(17)22-6-5-12(23)8-13(22)24/h2-7,15-16,26H,8-9H2,1H3/t15-,16+,17+,18+/m0/s1. The van der Waals surface area contributed by atoms with Crippen LogP contribution in [0.15, 0.2) is 36.5 Å². The average Bonchev–Trinajstić information content (AvgIpc) is 2.81. The minimum Gasteiger partial charge on any atom is -0.456 e. The molecule has 0 aliphatic carbocycles. The molecule has 3 rings (SSSR count). The number of hydrogen-bond acceptors (Lipinski definition) is 6. The maximum Gasteiger partial charge on any atom is 0.338 e. The van der Waals surface area contributed by atoms with Crippen molar-refractivity contribution in [2.75, 3.05) is 6.61 Å². The van der Waals surface area contributed by atoms with Gasteiger partial charge in [-0.2, -0.15) is 0 Å². The number of nitrogens with zero attached hydrogens (tertiary/aromatic N) is 1. The predicted octanol–water partition coefficient (Wildman–Crippen LogP) is 1.92. The van der Waals surface area contributed by atoms with Crippen molar-refractivity contribution in [1.82, 2.24) is 4.90 Å². The smallest absolute Gasteiger partial charge is 0.338 e. The van der Waals surface area contributed by atoms with Crippen LogP contribution in [0.4, 0.5) is 8.78 Å². The predicted molar refractivity (Wildman–Crippen MR) is 91.6 cm³/mol. The summed E-state index contributed by atoms with van der Waals surface area (Å²) in [4.78, 5) is 36.0. The van der Waals surface area contributed by atoms with Crippen LogP contribution in [0.1, 0.15) is 23.7 Å². The summed E-state index contributed by atoms with van der Waals surface area (Å²) < 4.78 is 39.9. The van der Waals surface area contributed by atoms with Gasteiger partial charge in [-0.15, -0.1) is 0 Å². The molecular weight excluding hydrogens is 400 g/mol. The van der Waals surface area contributed by atoms with E-state index in [0.29, 0.717) is 4.90 Å². The van der Waals surface area contributed by atoms with E-state index in [2.05, 4.69) is 0 Å². The summed E-state index contributed by atoms with van der Waals surface area (Å²) in [6.07, 6.45) is -2.77. The van der Waals surface area contributed by atoms with Gasteiger partial charge in [-0.3, -0.25) is 14.5 Å². The number of allylic oxidation sites excluding steroid dienone is 1. The van der Waals surface area contributed by atoms with Crippen molar-refractivity contribution in [3.05, 3.63) is 47.1 Å². The third kappa shape index (κ3) is 3.65. The molecule has 1 N–H and O–H groups in total. The van der Waals surface area contributed by atoms with Crippen molar-refractivity contribution in [3.8, 4) is 0 Å². The van der Waals surface area contributed by atoms with Crippen LogP contribution in [0, 0.1) is 0 Å². The first-order valence-corrected chi connectivity index (χ1v) is 8.61. The van der Waals surface area contributed by atoms with Gasteiger partial charge < -0.3 is 14.6 Å². The van der Waals surface area contributed by atoms with Crippen molar-refractivity contribution >= 4 is 29.3 Å². The Balaban J connectivity index is 1.76. The Kier molecular flexibility index (Phi) is 5.26. The summed E-state index contributed by atoms with van der Waals surface area (Å²) in [7, 11) is 0. The van der Waals surface area contributed by atoms with Gasteiger partial charge in [0.05, 0.1) is 12.0 Å². The third-order valence-corrected chi connectivity index (χ3v) is 4.72.